The van der Waals surface area contributed by atoms with Crippen LogP contribution in [0.3, 0.4) is 0 Å². The average molecular weight is 152 g/mol. The number of rotatable bonds is 2. The Hall–Kier alpha value is -0.520. The highest BCUT2D eigenvalue weighted by atomic mass is 15.2. The smallest absolute Gasteiger partial charge is 0.0599 e. The molecule has 1 aliphatic rings. The average Bonchev–Trinajstić information content (AvgIpc) is 2.06. The van der Waals surface area contributed by atoms with Crippen LogP contribution in [-0.4, -0.2) is 37.6 Å². The van der Waals surface area contributed by atoms with Gasteiger partial charge in [0.2, 0.25) is 0 Å². The van der Waals surface area contributed by atoms with Gasteiger partial charge in [-0.15, -0.1) is 6.42 Å². The van der Waals surface area contributed by atoms with Crippen molar-refractivity contribution in [3.63, 3.8) is 0 Å². The molecule has 0 amide bonds. The Morgan fingerprint density at radius 3 is 3.18 bits per heavy atom. The van der Waals surface area contributed by atoms with E-state index in [2.05, 4.69) is 16.1 Å². The summed E-state index contributed by atoms with van der Waals surface area (Å²) < 4.78 is 0. The van der Waals surface area contributed by atoms with Crippen LogP contribution in [0, 0.1) is 12.3 Å². The number of terminal acetylenes is 1. The van der Waals surface area contributed by atoms with Gasteiger partial charge in [0, 0.05) is 12.6 Å². The Bertz CT molecular complexity index is 148. The predicted octanol–water partition coefficient (Wildman–Crippen LogP) is 0.303. The maximum absolute atomic E-state index is 5.23. The molecule has 0 bridgehead atoms. The van der Waals surface area contributed by atoms with Gasteiger partial charge in [0.25, 0.3) is 0 Å². The van der Waals surface area contributed by atoms with Crippen molar-refractivity contribution in [2.45, 2.75) is 18.9 Å². The summed E-state index contributed by atoms with van der Waals surface area (Å²) in [5.74, 6) is 2.68. The van der Waals surface area contributed by atoms with E-state index in [1.54, 1.807) is 0 Å². The van der Waals surface area contributed by atoms with E-state index < -0.39 is 0 Å². The molecule has 1 unspecified atom stereocenters. The van der Waals surface area contributed by atoms with Crippen molar-refractivity contribution in [2.24, 2.45) is 0 Å². The molecule has 0 radical (unpaired) electrons. The molecular formula is C9H16N2. The van der Waals surface area contributed by atoms with Crippen molar-refractivity contribution in [1.29, 1.82) is 0 Å². The summed E-state index contributed by atoms with van der Waals surface area (Å²) in [6, 6.07) is 0.650. The summed E-state index contributed by atoms with van der Waals surface area (Å²) in [4.78, 5) is 2.32. The molecule has 1 N–H and O–H groups in total. The van der Waals surface area contributed by atoms with E-state index in [4.69, 9.17) is 6.42 Å². The van der Waals surface area contributed by atoms with Crippen LogP contribution in [0.1, 0.15) is 12.8 Å². The molecule has 1 aliphatic heterocycles. The molecule has 1 heterocycles. The van der Waals surface area contributed by atoms with E-state index in [1.807, 2.05) is 7.05 Å². The van der Waals surface area contributed by atoms with E-state index in [0.717, 1.165) is 13.1 Å². The van der Waals surface area contributed by atoms with Crippen molar-refractivity contribution in [1.82, 2.24) is 10.2 Å². The Labute approximate surface area is 69.0 Å². The Kier molecular flexibility index (Phi) is 3.41. The molecule has 0 aromatic rings. The van der Waals surface area contributed by atoms with Gasteiger partial charge >= 0.3 is 0 Å². The van der Waals surface area contributed by atoms with E-state index in [0.29, 0.717) is 6.04 Å². The van der Waals surface area contributed by atoms with Crippen LogP contribution >= 0.6 is 0 Å². The number of likely N-dealkylation sites (N-methyl/N-ethyl adjacent to an activating group) is 1. The van der Waals surface area contributed by atoms with Crippen LogP contribution in [0.5, 0.6) is 0 Å². The molecule has 0 saturated carbocycles. The third-order valence-corrected chi connectivity index (χ3v) is 2.23. The number of piperidine rings is 1. The molecule has 62 valence electrons. The van der Waals surface area contributed by atoms with E-state index in [-0.39, 0.29) is 0 Å². The fourth-order valence-electron chi connectivity index (χ4n) is 1.56. The zero-order valence-electron chi connectivity index (χ0n) is 7.14. The Morgan fingerprint density at radius 1 is 1.73 bits per heavy atom. The highest BCUT2D eigenvalue weighted by Gasteiger charge is 2.16. The molecule has 1 rings (SSSR count). The maximum Gasteiger partial charge on any atom is 0.0599 e. The Morgan fingerprint density at radius 2 is 2.55 bits per heavy atom. The highest BCUT2D eigenvalue weighted by molar-refractivity contribution is 4.90. The lowest BCUT2D eigenvalue weighted by molar-refractivity contribution is 0.216. The van der Waals surface area contributed by atoms with Crippen molar-refractivity contribution in [2.75, 3.05) is 26.7 Å². The standard InChI is InChI=1S/C9H16N2/c1-3-6-11-7-4-5-9(8-11)10-2/h1,9-10H,4-8H2,2H3. The highest BCUT2D eigenvalue weighted by Crippen LogP contribution is 2.08. The number of nitrogens with zero attached hydrogens (tertiary/aromatic N) is 1. The molecule has 1 atom stereocenters. The van der Waals surface area contributed by atoms with Gasteiger partial charge in [0.05, 0.1) is 6.54 Å². The first-order chi connectivity index (χ1) is 5.36. The number of hydrogen-bond acceptors (Lipinski definition) is 2. The summed E-state index contributed by atoms with van der Waals surface area (Å²) in [7, 11) is 2.02. The molecule has 0 aromatic carbocycles. The third-order valence-electron chi connectivity index (χ3n) is 2.23. The summed E-state index contributed by atoms with van der Waals surface area (Å²) >= 11 is 0. The van der Waals surface area contributed by atoms with Gasteiger partial charge in [0.15, 0.2) is 0 Å². The van der Waals surface area contributed by atoms with Gasteiger partial charge in [-0.1, -0.05) is 5.92 Å². The number of likely N-dealkylation sites (tertiary alicyclic amines) is 1. The molecule has 1 fully saturated rings. The molecule has 1 saturated heterocycles. The molecule has 2 nitrogen and oxygen atoms in total. The Balaban J connectivity index is 2.28. The fourth-order valence-corrected chi connectivity index (χ4v) is 1.56. The van der Waals surface area contributed by atoms with Crippen molar-refractivity contribution in [3.05, 3.63) is 0 Å². The normalized spacial score (nSPS) is 26.4. The van der Waals surface area contributed by atoms with Gasteiger partial charge in [-0.2, -0.15) is 0 Å². The first kappa shape index (κ1) is 8.58. The number of hydrogen-bond donors (Lipinski definition) is 1. The van der Waals surface area contributed by atoms with Crippen molar-refractivity contribution in [3.8, 4) is 12.3 Å². The maximum atomic E-state index is 5.23. The summed E-state index contributed by atoms with van der Waals surface area (Å²) in [5.41, 5.74) is 0. The first-order valence-corrected chi connectivity index (χ1v) is 4.20. The summed E-state index contributed by atoms with van der Waals surface area (Å²) in [6.07, 6.45) is 7.79. The van der Waals surface area contributed by atoms with E-state index in [9.17, 15) is 0 Å². The lowest BCUT2D eigenvalue weighted by Gasteiger charge is -2.30. The topological polar surface area (TPSA) is 15.3 Å². The van der Waals surface area contributed by atoms with Gasteiger partial charge < -0.3 is 5.32 Å². The minimum atomic E-state index is 0.650. The zero-order chi connectivity index (χ0) is 8.10. The monoisotopic (exact) mass is 152 g/mol. The van der Waals surface area contributed by atoms with Crippen LogP contribution < -0.4 is 5.32 Å². The quantitative estimate of drug-likeness (QED) is 0.573. The van der Waals surface area contributed by atoms with Gasteiger partial charge in [-0.05, 0) is 26.4 Å². The van der Waals surface area contributed by atoms with Gasteiger partial charge in [-0.25, -0.2) is 0 Å². The van der Waals surface area contributed by atoms with Crippen LogP contribution in [0.25, 0.3) is 0 Å². The summed E-state index contributed by atoms with van der Waals surface area (Å²) in [5, 5.41) is 3.28. The molecule has 0 aliphatic carbocycles. The molecular weight excluding hydrogens is 136 g/mol. The van der Waals surface area contributed by atoms with Gasteiger partial charge in [-0.3, -0.25) is 4.90 Å². The van der Waals surface area contributed by atoms with Crippen molar-refractivity contribution < 1.29 is 0 Å². The second-order valence-corrected chi connectivity index (χ2v) is 3.07. The summed E-state index contributed by atoms with van der Waals surface area (Å²) in [6.45, 7) is 3.08. The molecule has 11 heavy (non-hydrogen) atoms. The number of nitrogens with one attached hydrogen (secondary N) is 1. The zero-order valence-corrected chi connectivity index (χ0v) is 7.14. The van der Waals surface area contributed by atoms with Crippen molar-refractivity contribution >= 4 is 0 Å². The lowest BCUT2D eigenvalue weighted by Crippen LogP contribution is -2.44. The van der Waals surface area contributed by atoms with Crippen LogP contribution in [0.2, 0.25) is 0 Å². The minimum absolute atomic E-state index is 0.650. The third kappa shape index (κ3) is 2.53. The molecule has 0 spiro atoms. The van der Waals surface area contributed by atoms with Crippen LogP contribution in [-0.2, 0) is 0 Å². The second-order valence-electron chi connectivity index (χ2n) is 3.07. The minimum Gasteiger partial charge on any atom is -0.316 e. The SMILES string of the molecule is C#CCN1CCCC(NC)C1. The largest absolute Gasteiger partial charge is 0.316 e. The van der Waals surface area contributed by atoms with E-state index in [1.165, 1.54) is 19.4 Å². The molecule has 0 aromatic heterocycles. The fraction of sp³-hybridized carbons (Fsp3) is 0.778. The van der Waals surface area contributed by atoms with Crippen LogP contribution in [0.4, 0.5) is 0 Å². The molecule has 2 heteroatoms. The van der Waals surface area contributed by atoms with Crippen LogP contribution in [0.15, 0.2) is 0 Å². The van der Waals surface area contributed by atoms with E-state index >= 15 is 0 Å². The van der Waals surface area contributed by atoms with Gasteiger partial charge in [0.1, 0.15) is 0 Å². The lowest BCUT2D eigenvalue weighted by atomic mass is 10.1. The first-order valence-electron chi connectivity index (χ1n) is 4.20. The second kappa shape index (κ2) is 4.38. The predicted molar refractivity (Wildman–Crippen MR) is 47.4 cm³/mol.